The summed E-state index contributed by atoms with van der Waals surface area (Å²) in [6.45, 7) is 8.04. The van der Waals surface area contributed by atoms with Crippen molar-refractivity contribution in [2.45, 2.75) is 39.7 Å². The number of carbonyl (C=O) groups is 2. The second-order valence-electron chi connectivity index (χ2n) is 7.29. The van der Waals surface area contributed by atoms with Gasteiger partial charge in [-0.15, -0.1) is 11.3 Å². The molecule has 1 aromatic heterocycles. The second-order valence-corrected chi connectivity index (χ2v) is 8.19. The molecule has 2 N–H and O–H groups in total. The Morgan fingerprint density at radius 2 is 1.77 bits per heavy atom. The summed E-state index contributed by atoms with van der Waals surface area (Å²) in [7, 11) is 0. The molecule has 30 heavy (non-hydrogen) atoms. The average molecular weight is 424 g/mol. The van der Waals surface area contributed by atoms with E-state index in [0.717, 1.165) is 5.56 Å². The first-order valence-corrected chi connectivity index (χ1v) is 10.6. The van der Waals surface area contributed by atoms with E-state index in [2.05, 4.69) is 29.5 Å². The number of carbonyl (C=O) groups excluding carboxylic acids is 2. The molecule has 156 valence electrons. The Labute approximate surface area is 180 Å². The summed E-state index contributed by atoms with van der Waals surface area (Å²) in [6, 6.07) is 12.6. The minimum Gasteiger partial charge on any atom is -0.481 e. The van der Waals surface area contributed by atoms with Gasteiger partial charge in [0.25, 0.3) is 11.8 Å². The molecule has 2 amide bonds. The SMILES string of the molecule is Cc1cc(OC(C)C(=O)Nc2ccc(C(=O)Nc3nccs3)cc2)ccc1C(C)C. The van der Waals surface area contributed by atoms with E-state index in [1.165, 1.54) is 16.9 Å². The van der Waals surface area contributed by atoms with Crippen LogP contribution in [0.4, 0.5) is 10.8 Å². The van der Waals surface area contributed by atoms with E-state index in [1.807, 2.05) is 25.1 Å². The maximum atomic E-state index is 12.5. The van der Waals surface area contributed by atoms with E-state index < -0.39 is 6.10 Å². The summed E-state index contributed by atoms with van der Waals surface area (Å²) in [6.07, 6.45) is 0.962. The number of nitrogens with one attached hydrogen (secondary N) is 2. The molecule has 0 bridgehead atoms. The van der Waals surface area contributed by atoms with Crippen LogP contribution >= 0.6 is 11.3 Å². The molecule has 0 saturated carbocycles. The maximum absolute atomic E-state index is 12.5. The van der Waals surface area contributed by atoms with Gasteiger partial charge in [0.2, 0.25) is 0 Å². The molecule has 0 aliphatic carbocycles. The molecule has 1 heterocycles. The zero-order valence-corrected chi connectivity index (χ0v) is 18.2. The van der Waals surface area contributed by atoms with Crippen molar-refractivity contribution in [1.29, 1.82) is 0 Å². The first kappa shape index (κ1) is 21.5. The Morgan fingerprint density at radius 1 is 1.03 bits per heavy atom. The molecule has 0 aliphatic rings. The van der Waals surface area contributed by atoms with E-state index in [1.54, 1.807) is 42.8 Å². The van der Waals surface area contributed by atoms with Crippen LogP contribution in [0.15, 0.2) is 54.0 Å². The molecule has 3 rings (SSSR count). The summed E-state index contributed by atoms with van der Waals surface area (Å²) in [5.74, 6) is 0.584. The molecule has 6 nitrogen and oxygen atoms in total. The predicted octanol–water partition coefficient (Wildman–Crippen LogP) is 5.23. The summed E-state index contributed by atoms with van der Waals surface area (Å²) in [4.78, 5) is 28.7. The summed E-state index contributed by atoms with van der Waals surface area (Å²) in [5, 5.41) is 7.86. The topological polar surface area (TPSA) is 80.3 Å². The minimum atomic E-state index is -0.665. The first-order valence-electron chi connectivity index (χ1n) is 9.72. The Bertz CT molecular complexity index is 1010. The van der Waals surface area contributed by atoms with Crippen LogP contribution in [0.5, 0.6) is 5.75 Å². The molecule has 7 heteroatoms. The van der Waals surface area contributed by atoms with Crippen LogP contribution in [0.2, 0.25) is 0 Å². The van der Waals surface area contributed by atoms with Gasteiger partial charge >= 0.3 is 0 Å². The Balaban J connectivity index is 1.57. The van der Waals surface area contributed by atoms with E-state index in [9.17, 15) is 9.59 Å². The monoisotopic (exact) mass is 423 g/mol. The van der Waals surface area contributed by atoms with Crippen molar-refractivity contribution in [3.05, 3.63) is 70.7 Å². The van der Waals surface area contributed by atoms with Crippen LogP contribution < -0.4 is 15.4 Å². The molecule has 0 saturated heterocycles. The van der Waals surface area contributed by atoms with Gasteiger partial charge in [-0.2, -0.15) is 0 Å². The normalized spacial score (nSPS) is 11.8. The third-order valence-electron chi connectivity index (χ3n) is 4.61. The summed E-state index contributed by atoms with van der Waals surface area (Å²) < 4.78 is 5.80. The van der Waals surface area contributed by atoms with Gasteiger partial charge in [-0.05, 0) is 67.3 Å². The fourth-order valence-electron chi connectivity index (χ4n) is 3.03. The molecule has 0 radical (unpaired) electrons. The first-order chi connectivity index (χ1) is 14.3. The number of benzene rings is 2. The highest BCUT2D eigenvalue weighted by atomic mass is 32.1. The molecule has 2 aromatic carbocycles. The van der Waals surface area contributed by atoms with Crippen molar-refractivity contribution in [3.63, 3.8) is 0 Å². The predicted molar refractivity (Wildman–Crippen MR) is 120 cm³/mol. The number of hydrogen-bond donors (Lipinski definition) is 2. The Hall–Kier alpha value is -3.19. The van der Waals surface area contributed by atoms with Gasteiger partial charge in [0.1, 0.15) is 5.75 Å². The van der Waals surface area contributed by atoms with Gasteiger partial charge in [0, 0.05) is 22.8 Å². The number of aromatic nitrogens is 1. The molecular formula is C23H25N3O3S. The lowest BCUT2D eigenvalue weighted by Gasteiger charge is -2.17. The zero-order valence-electron chi connectivity index (χ0n) is 17.4. The number of rotatable bonds is 7. The lowest BCUT2D eigenvalue weighted by molar-refractivity contribution is -0.122. The fourth-order valence-corrected chi connectivity index (χ4v) is 3.55. The van der Waals surface area contributed by atoms with E-state index in [0.29, 0.717) is 28.0 Å². The molecule has 1 atom stereocenters. The van der Waals surface area contributed by atoms with E-state index in [-0.39, 0.29) is 11.8 Å². The van der Waals surface area contributed by atoms with Crippen molar-refractivity contribution in [2.24, 2.45) is 0 Å². The number of thiazole rings is 1. The maximum Gasteiger partial charge on any atom is 0.265 e. The standard InChI is InChI=1S/C23H25N3O3S/c1-14(2)20-10-9-19(13-15(20)3)29-16(4)21(27)25-18-7-5-17(6-8-18)22(28)26-23-24-11-12-30-23/h5-14,16H,1-4H3,(H,25,27)(H,24,26,28). The quantitative estimate of drug-likeness (QED) is 0.545. The highest BCUT2D eigenvalue weighted by Gasteiger charge is 2.16. The second kappa shape index (κ2) is 9.54. The summed E-state index contributed by atoms with van der Waals surface area (Å²) >= 11 is 1.35. The van der Waals surface area contributed by atoms with Gasteiger partial charge < -0.3 is 10.1 Å². The molecule has 0 aliphatic heterocycles. The third kappa shape index (κ3) is 5.45. The highest BCUT2D eigenvalue weighted by molar-refractivity contribution is 7.13. The van der Waals surface area contributed by atoms with Gasteiger partial charge in [-0.3, -0.25) is 14.9 Å². The van der Waals surface area contributed by atoms with E-state index >= 15 is 0 Å². The Kier molecular flexibility index (Phi) is 6.84. The third-order valence-corrected chi connectivity index (χ3v) is 5.30. The molecule has 1 unspecified atom stereocenters. The number of amides is 2. The average Bonchev–Trinajstić information content (AvgIpc) is 3.21. The summed E-state index contributed by atoms with van der Waals surface area (Å²) in [5.41, 5.74) is 3.47. The van der Waals surface area contributed by atoms with Gasteiger partial charge in [0.05, 0.1) is 0 Å². The zero-order chi connectivity index (χ0) is 21.7. The van der Waals surface area contributed by atoms with Crippen molar-refractivity contribution in [1.82, 2.24) is 4.98 Å². The molecule has 0 spiro atoms. The Morgan fingerprint density at radius 3 is 2.37 bits per heavy atom. The highest BCUT2D eigenvalue weighted by Crippen LogP contribution is 2.24. The largest absolute Gasteiger partial charge is 0.481 e. The molecule has 0 fully saturated rings. The van der Waals surface area contributed by atoms with Crippen molar-refractivity contribution >= 4 is 34.0 Å². The van der Waals surface area contributed by atoms with Crippen LogP contribution in [0, 0.1) is 6.92 Å². The van der Waals surface area contributed by atoms with Crippen LogP contribution in [-0.4, -0.2) is 22.9 Å². The van der Waals surface area contributed by atoms with Crippen molar-refractivity contribution in [3.8, 4) is 5.75 Å². The minimum absolute atomic E-state index is 0.250. The smallest absolute Gasteiger partial charge is 0.265 e. The van der Waals surface area contributed by atoms with Crippen LogP contribution in [0.3, 0.4) is 0 Å². The van der Waals surface area contributed by atoms with Crippen LogP contribution in [0.1, 0.15) is 48.2 Å². The number of anilines is 2. The van der Waals surface area contributed by atoms with Gasteiger partial charge in [0.15, 0.2) is 11.2 Å². The number of nitrogens with zero attached hydrogens (tertiary/aromatic N) is 1. The van der Waals surface area contributed by atoms with Crippen LogP contribution in [0.25, 0.3) is 0 Å². The molecule has 3 aromatic rings. The van der Waals surface area contributed by atoms with Crippen LogP contribution in [-0.2, 0) is 4.79 Å². The van der Waals surface area contributed by atoms with Gasteiger partial charge in [-0.1, -0.05) is 19.9 Å². The fraction of sp³-hybridized carbons (Fsp3) is 0.261. The van der Waals surface area contributed by atoms with Crippen molar-refractivity contribution in [2.75, 3.05) is 10.6 Å². The number of ether oxygens (including phenoxy) is 1. The van der Waals surface area contributed by atoms with Gasteiger partial charge in [-0.25, -0.2) is 4.98 Å². The van der Waals surface area contributed by atoms with Crippen molar-refractivity contribution < 1.29 is 14.3 Å². The number of hydrogen-bond acceptors (Lipinski definition) is 5. The number of aryl methyl sites for hydroxylation is 1. The molecular weight excluding hydrogens is 398 g/mol. The lowest BCUT2D eigenvalue weighted by Crippen LogP contribution is -2.30. The lowest BCUT2D eigenvalue weighted by atomic mass is 9.98. The van der Waals surface area contributed by atoms with E-state index in [4.69, 9.17) is 4.74 Å².